The van der Waals surface area contributed by atoms with Gasteiger partial charge in [0.15, 0.2) is 0 Å². The quantitative estimate of drug-likeness (QED) is 0.341. The van der Waals surface area contributed by atoms with Crippen molar-refractivity contribution >= 4 is 5.97 Å². The Bertz CT molecular complexity index is 128. The molecule has 0 aromatic rings. The third-order valence-corrected chi connectivity index (χ3v) is 1.87. The minimum Gasteiger partial charge on any atom is -0.547 e. The SMILES string of the molecule is CCCCCCC(OC)C(=O)[O-].[Na+]. The molecule has 0 saturated carbocycles. The Morgan fingerprint density at radius 3 is 2.38 bits per heavy atom. The fraction of sp³-hybridized carbons (Fsp3) is 0.889. The van der Waals surface area contributed by atoms with Gasteiger partial charge in [-0.15, -0.1) is 0 Å². The van der Waals surface area contributed by atoms with Crippen molar-refractivity contribution in [3.8, 4) is 0 Å². The van der Waals surface area contributed by atoms with E-state index in [1.165, 1.54) is 7.11 Å². The summed E-state index contributed by atoms with van der Waals surface area (Å²) in [5, 5.41) is 10.4. The van der Waals surface area contributed by atoms with Crippen LogP contribution in [0.3, 0.4) is 0 Å². The number of carbonyl (C=O) groups excluding carboxylic acids is 1. The predicted octanol–water partition coefficient (Wildman–Crippen LogP) is -2.27. The molecule has 0 aliphatic rings. The molecule has 13 heavy (non-hydrogen) atoms. The summed E-state index contributed by atoms with van der Waals surface area (Å²) in [7, 11) is 1.40. The fourth-order valence-electron chi connectivity index (χ4n) is 1.09. The molecular weight excluding hydrogens is 179 g/mol. The minimum absolute atomic E-state index is 0. The Labute approximate surface area is 102 Å². The first-order chi connectivity index (χ1) is 5.72. The van der Waals surface area contributed by atoms with Crippen LogP contribution in [-0.4, -0.2) is 19.2 Å². The molecule has 0 aliphatic heterocycles. The van der Waals surface area contributed by atoms with E-state index in [9.17, 15) is 9.90 Å². The van der Waals surface area contributed by atoms with E-state index in [0.717, 1.165) is 25.7 Å². The van der Waals surface area contributed by atoms with Gasteiger partial charge >= 0.3 is 29.6 Å². The molecule has 0 fully saturated rings. The third kappa shape index (κ3) is 8.75. The van der Waals surface area contributed by atoms with Gasteiger partial charge in [0.2, 0.25) is 0 Å². The summed E-state index contributed by atoms with van der Waals surface area (Å²) >= 11 is 0. The molecule has 0 spiro atoms. The smallest absolute Gasteiger partial charge is 0.547 e. The second-order valence-corrected chi connectivity index (χ2v) is 2.89. The summed E-state index contributed by atoms with van der Waals surface area (Å²) in [6, 6.07) is 0. The fourth-order valence-corrected chi connectivity index (χ4v) is 1.09. The zero-order chi connectivity index (χ0) is 9.40. The summed E-state index contributed by atoms with van der Waals surface area (Å²) in [5.41, 5.74) is 0. The molecule has 4 heteroatoms. The maximum Gasteiger partial charge on any atom is 1.00 e. The molecule has 0 N–H and O–H groups in total. The summed E-state index contributed by atoms with van der Waals surface area (Å²) in [6.07, 6.45) is 4.14. The largest absolute Gasteiger partial charge is 1.00 e. The Morgan fingerprint density at radius 1 is 1.38 bits per heavy atom. The number of hydrogen-bond acceptors (Lipinski definition) is 3. The summed E-state index contributed by atoms with van der Waals surface area (Å²) in [4.78, 5) is 10.4. The van der Waals surface area contributed by atoms with Gasteiger partial charge < -0.3 is 14.6 Å². The number of methoxy groups -OCH3 is 1. The number of hydrogen-bond donors (Lipinski definition) is 0. The van der Waals surface area contributed by atoms with Crippen molar-refractivity contribution in [2.75, 3.05) is 7.11 Å². The number of ether oxygens (including phenoxy) is 1. The van der Waals surface area contributed by atoms with Gasteiger partial charge in [-0.05, 0) is 6.42 Å². The number of aliphatic carboxylic acids is 1. The van der Waals surface area contributed by atoms with Gasteiger partial charge in [-0.1, -0.05) is 32.6 Å². The van der Waals surface area contributed by atoms with Gasteiger partial charge in [-0.25, -0.2) is 0 Å². The van der Waals surface area contributed by atoms with E-state index in [2.05, 4.69) is 6.92 Å². The van der Waals surface area contributed by atoms with Crippen LogP contribution < -0.4 is 34.7 Å². The van der Waals surface area contributed by atoms with Crippen LogP contribution in [0.1, 0.15) is 39.0 Å². The maximum absolute atomic E-state index is 10.4. The normalized spacial score (nSPS) is 11.8. The number of rotatable bonds is 7. The third-order valence-electron chi connectivity index (χ3n) is 1.87. The van der Waals surface area contributed by atoms with Crippen LogP contribution in [0.4, 0.5) is 0 Å². The summed E-state index contributed by atoms with van der Waals surface area (Å²) in [5.74, 6) is -1.10. The van der Waals surface area contributed by atoms with Crippen LogP contribution in [-0.2, 0) is 9.53 Å². The van der Waals surface area contributed by atoms with Crippen LogP contribution >= 0.6 is 0 Å². The van der Waals surface area contributed by atoms with Crippen molar-refractivity contribution in [3.63, 3.8) is 0 Å². The zero-order valence-electron chi connectivity index (χ0n) is 8.84. The molecule has 0 rings (SSSR count). The van der Waals surface area contributed by atoms with Crippen molar-refractivity contribution in [2.24, 2.45) is 0 Å². The standard InChI is InChI=1S/C9H18O3.Na/c1-3-4-5-6-7-8(12-2)9(10)11;/h8H,3-7H2,1-2H3,(H,10,11);/q;+1/p-1. The number of carboxylic acids is 1. The van der Waals surface area contributed by atoms with Crippen molar-refractivity contribution in [1.82, 2.24) is 0 Å². The average Bonchev–Trinajstić information content (AvgIpc) is 2.04. The first-order valence-electron chi connectivity index (χ1n) is 4.46. The molecule has 0 bridgehead atoms. The van der Waals surface area contributed by atoms with Gasteiger partial charge in [-0.2, -0.15) is 0 Å². The molecule has 1 atom stereocenters. The molecule has 0 aromatic carbocycles. The molecule has 0 aromatic heterocycles. The number of unbranched alkanes of at least 4 members (excludes halogenated alkanes) is 3. The van der Waals surface area contributed by atoms with Crippen LogP contribution in [0, 0.1) is 0 Å². The average molecular weight is 196 g/mol. The molecule has 0 heterocycles. The van der Waals surface area contributed by atoms with E-state index in [0.29, 0.717) is 6.42 Å². The Hall–Kier alpha value is 0.430. The van der Waals surface area contributed by atoms with Crippen LogP contribution in [0.5, 0.6) is 0 Å². The second kappa shape index (κ2) is 10.5. The predicted molar refractivity (Wildman–Crippen MR) is 44.6 cm³/mol. The van der Waals surface area contributed by atoms with E-state index in [4.69, 9.17) is 4.74 Å². The topological polar surface area (TPSA) is 49.4 Å². The maximum atomic E-state index is 10.4. The van der Waals surface area contributed by atoms with Gasteiger partial charge in [0.25, 0.3) is 0 Å². The molecule has 72 valence electrons. The minimum atomic E-state index is -1.10. The van der Waals surface area contributed by atoms with Crippen molar-refractivity contribution in [3.05, 3.63) is 0 Å². The molecule has 0 amide bonds. The van der Waals surface area contributed by atoms with Gasteiger partial charge in [0.1, 0.15) is 0 Å². The van der Waals surface area contributed by atoms with Crippen molar-refractivity contribution in [1.29, 1.82) is 0 Å². The van der Waals surface area contributed by atoms with Gasteiger partial charge in [-0.3, -0.25) is 0 Å². The van der Waals surface area contributed by atoms with E-state index in [1.54, 1.807) is 0 Å². The van der Waals surface area contributed by atoms with E-state index < -0.39 is 12.1 Å². The molecular formula is C9H17NaO3. The van der Waals surface area contributed by atoms with Crippen LogP contribution in [0.15, 0.2) is 0 Å². The van der Waals surface area contributed by atoms with Crippen LogP contribution in [0.25, 0.3) is 0 Å². The second-order valence-electron chi connectivity index (χ2n) is 2.89. The van der Waals surface area contributed by atoms with Gasteiger partial charge in [0.05, 0.1) is 12.1 Å². The van der Waals surface area contributed by atoms with Gasteiger partial charge in [0, 0.05) is 7.11 Å². The first kappa shape index (κ1) is 15.9. The van der Waals surface area contributed by atoms with Crippen LogP contribution in [0.2, 0.25) is 0 Å². The first-order valence-corrected chi connectivity index (χ1v) is 4.46. The Balaban J connectivity index is 0. The molecule has 3 nitrogen and oxygen atoms in total. The van der Waals surface area contributed by atoms with Crippen molar-refractivity contribution < 1.29 is 44.2 Å². The zero-order valence-corrected chi connectivity index (χ0v) is 10.8. The summed E-state index contributed by atoms with van der Waals surface area (Å²) in [6.45, 7) is 2.12. The van der Waals surface area contributed by atoms with E-state index in [-0.39, 0.29) is 29.6 Å². The Kier molecular flexibility index (Phi) is 12.8. The number of carboxylic acid groups (broad SMARTS) is 1. The molecule has 0 saturated heterocycles. The van der Waals surface area contributed by atoms with E-state index in [1.807, 2.05) is 0 Å². The summed E-state index contributed by atoms with van der Waals surface area (Å²) < 4.78 is 4.73. The van der Waals surface area contributed by atoms with E-state index >= 15 is 0 Å². The van der Waals surface area contributed by atoms with Crippen molar-refractivity contribution in [2.45, 2.75) is 45.1 Å². The number of carbonyl (C=O) groups is 1. The monoisotopic (exact) mass is 196 g/mol. The Morgan fingerprint density at radius 2 is 2.00 bits per heavy atom. The molecule has 0 aliphatic carbocycles. The molecule has 1 unspecified atom stereocenters. The molecule has 0 radical (unpaired) electrons.